The first-order valence-corrected chi connectivity index (χ1v) is 6.26. The number of benzene rings is 1. The number of hydrogen-bond acceptors (Lipinski definition) is 2. The Hall–Kier alpha value is -1.36. The van der Waals surface area contributed by atoms with Gasteiger partial charge < -0.3 is 10.6 Å². The minimum atomic E-state index is 0.401. The van der Waals surface area contributed by atoms with Gasteiger partial charge in [-0.1, -0.05) is 35.3 Å². The molecule has 1 heterocycles. The first kappa shape index (κ1) is 13.1. The molecule has 0 amide bonds. The molecule has 0 saturated carbocycles. The van der Waals surface area contributed by atoms with E-state index in [9.17, 15) is 0 Å². The van der Waals surface area contributed by atoms with Gasteiger partial charge in [-0.15, -0.1) is 0 Å². The Balaban J connectivity index is 2.06. The molecular formula is C12H9Cl2N3S. The van der Waals surface area contributed by atoms with Gasteiger partial charge in [-0.3, -0.25) is 0 Å². The van der Waals surface area contributed by atoms with Crippen molar-refractivity contribution >= 4 is 52.0 Å². The third-order valence-corrected chi connectivity index (χ3v) is 3.13. The highest BCUT2D eigenvalue weighted by molar-refractivity contribution is 7.80. The number of hydrogen-bond donors (Lipinski definition) is 2. The average Bonchev–Trinajstić information content (AvgIpc) is 2.36. The lowest BCUT2D eigenvalue weighted by atomic mass is 10.3. The van der Waals surface area contributed by atoms with Crippen molar-refractivity contribution in [3.8, 4) is 0 Å². The van der Waals surface area contributed by atoms with Crippen molar-refractivity contribution in [3.05, 3.63) is 52.6 Å². The molecule has 1 aromatic heterocycles. The van der Waals surface area contributed by atoms with Crippen LogP contribution >= 0.6 is 35.4 Å². The zero-order chi connectivity index (χ0) is 13.0. The molecule has 18 heavy (non-hydrogen) atoms. The number of anilines is 2. The standard InChI is InChI=1S/C12H9Cl2N3S/c13-8-4-3-5-9(11(8)14)16-12(18)17-10-6-1-2-7-15-10/h1-7H,(H2,15,16,17,18). The minimum Gasteiger partial charge on any atom is -0.331 e. The number of nitrogens with one attached hydrogen (secondary N) is 2. The molecule has 0 fully saturated rings. The summed E-state index contributed by atoms with van der Waals surface area (Å²) in [4.78, 5) is 4.10. The maximum absolute atomic E-state index is 6.04. The van der Waals surface area contributed by atoms with E-state index in [0.717, 1.165) is 0 Å². The lowest BCUT2D eigenvalue weighted by Gasteiger charge is -2.11. The molecule has 2 N–H and O–H groups in total. The summed E-state index contributed by atoms with van der Waals surface area (Å²) >= 11 is 17.1. The summed E-state index contributed by atoms with van der Waals surface area (Å²) < 4.78 is 0. The van der Waals surface area contributed by atoms with Crippen molar-refractivity contribution in [2.75, 3.05) is 10.6 Å². The van der Waals surface area contributed by atoms with E-state index < -0.39 is 0 Å². The molecule has 0 aliphatic carbocycles. The Bertz CT molecular complexity index is 561. The van der Waals surface area contributed by atoms with Crippen molar-refractivity contribution < 1.29 is 0 Å². The molecular weight excluding hydrogens is 289 g/mol. The van der Waals surface area contributed by atoms with Gasteiger partial charge in [0.2, 0.25) is 0 Å². The zero-order valence-corrected chi connectivity index (χ0v) is 11.5. The fraction of sp³-hybridized carbons (Fsp3) is 0. The normalized spacial score (nSPS) is 9.89. The first-order chi connectivity index (χ1) is 8.66. The molecule has 92 valence electrons. The molecule has 0 aliphatic rings. The first-order valence-electron chi connectivity index (χ1n) is 5.10. The van der Waals surface area contributed by atoms with E-state index in [0.29, 0.717) is 26.7 Å². The second kappa shape index (κ2) is 6.00. The minimum absolute atomic E-state index is 0.401. The van der Waals surface area contributed by atoms with Crippen molar-refractivity contribution in [1.82, 2.24) is 4.98 Å². The molecule has 0 radical (unpaired) electrons. The molecule has 1 aromatic carbocycles. The molecule has 0 bridgehead atoms. The number of rotatable bonds is 2. The van der Waals surface area contributed by atoms with E-state index in [-0.39, 0.29) is 0 Å². The van der Waals surface area contributed by atoms with Crippen molar-refractivity contribution in [1.29, 1.82) is 0 Å². The van der Waals surface area contributed by atoms with Crippen LogP contribution in [0.25, 0.3) is 0 Å². The highest BCUT2D eigenvalue weighted by Crippen LogP contribution is 2.29. The predicted octanol–water partition coefficient (Wildman–Crippen LogP) is 4.20. The van der Waals surface area contributed by atoms with Gasteiger partial charge in [0, 0.05) is 6.20 Å². The zero-order valence-electron chi connectivity index (χ0n) is 9.15. The maximum atomic E-state index is 6.04. The molecule has 0 atom stereocenters. The smallest absolute Gasteiger partial charge is 0.176 e. The molecule has 0 aliphatic heterocycles. The van der Waals surface area contributed by atoms with Crippen LogP contribution in [0.1, 0.15) is 0 Å². The quantitative estimate of drug-likeness (QED) is 0.815. The van der Waals surface area contributed by atoms with Crippen LogP contribution in [0.2, 0.25) is 10.0 Å². The lowest BCUT2D eigenvalue weighted by Crippen LogP contribution is -2.19. The van der Waals surface area contributed by atoms with Crippen LogP contribution in [0, 0.1) is 0 Å². The molecule has 3 nitrogen and oxygen atoms in total. The largest absolute Gasteiger partial charge is 0.331 e. The number of nitrogens with zero attached hydrogens (tertiary/aromatic N) is 1. The van der Waals surface area contributed by atoms with Crippen LogP contribution in [0.3, 0.4) is 0 Å². The molecule has 2 rings (SSSR count). The average molecular weight is 298 g/mol. The highest BCUT2D eigenvalue weighted by atomic mass is 35.5. The molecule has 0 saturated heterocycles. The van der Waals surface area contributed by atoms with Gasteiger partial charge in [-0.2, -0.15) is 0 Å². The summed E-state index contributed by atoms with van der Waals surface area (Å²) in [5.41, 5.74) is 0.651. The van der Waals surface area contributed by atoms with Crippen molar-refractivity contribution in [2.45, 2.75) is 0 Å². The van der Waals surface area contributed by atoms with Crippen LogP contribution < -0.4 is 10.6 Å². The van der Waals surface area contributed by atoms with Gasteiger partial charge in [-0.05, 0) is 36.5 Å². The van der Waals surface area contributed by atoms with Crippen LogP contribution in [0.4, 0.5) is 11.5 Å². The van der Waals surface area contributed by atoms with Crippen LogP contribution in [-0.4, -0.2) is 10.1 Å². The summed E-state index contributed by atoms with van der Waals surface area (Å²) in [6.07, 6.45) is 1.68. The van der Waals surface area contributed by atoms with E-state index in [1.807, 2.05) is 18.2 Å². The monoisotopic (exact) mass is 297 g/mol. The van der Waals surface area contributed by atoms with E-state index in [1.165, 1.54) is 0 Å². The second-order valence-corrected chi connectivity index (χ2v) is 4.59. The Labute approximate surface area is 120 Å². The van der Waals surface area contributed by atoms with E-state index >= 15 is 0 Å². The van der Waals surface area contributed by atoms with Crippen LogP contribution in [0.15, 0.2) is 42.6 Å². The third-order valence-electron chi connectivity index (χ3n) is 2.11. The fourth-order valence-corrected chi connectivity index (χ4v) is 1.87. The van der Waals surface area contributed by atoms with Crippen LogP contribution in [0.5, 0.6) is 0 Å². The number of aromatic nitrogens is 1. The van der Waals surface area contributed by atoms with Gasteiger partial charge in [0.05, 0.1) is 15.7 Å². The Kier molecular flexibility index (Phi) is 4.36. The van der Waals surface area contributed by atoms with E-state index in [1.54, 1.807) is 24.4 Å². The summed E-state index contributed by atoms with van der Waals surface area (Å²) in [6, 6.07) is 10.8. The second-order valence-electron chi connectivity index (χ2n) is 3.40. The number of halogens is 2. The Morgan fingerprint density at radius 2 is 1.89 bits per heavy atom. The molecule has 6 heteroatoms. The van der Waals surface area contributed by atoms with Crippen molar-refractivity contribution in [3.63, 3.8) is 0 Å². The van der Waals surface area contributed by atoms with Crippen LogP contribution in [-0.2, 0) is 0 Å². The van der Waals surface area contributed by atoms with Gasteiger partial charge in [0.25, 0.3) is 0 Å². The molecule has 0 spiro atoms. The van der Waals surface area contributed by atoms with E-state index in [2.05, 4.69) is 15.6 Å². The summed E-state index contributed by atoms with van der Waals surface area (Å²) in [5, 5.41) is 7.22. The number of thiocarbonyl (C=S) groups is 1. The predicted molar refractivity (Wildman–Crippen MR) is 80.5 cm³/mol. The SMILES string of the molecule is S=C(Nc1ccccn1)Nc1cccc(Cl)c1Cl. The molecule has 2 aromatic rings. The van der Waals surface area contributed by atoms with Gasteiger partial charge in [0.15, 0.2) is 5.11 Å². The summed E-state index contributed by atoms with van der Waals surface area (Å²) in [5.74, 6) is 0.660. The number of pyridine rings is 1. The third kappa shape index (κ3) is 3.32. The summed E-state index contributed by atoms with van der Waals surface area (Å²) in [6.45, 7) is 0. The fourth-order valence-electron chi connectivity index (χ4n) is 1.31. The molecule has 0 unspecified atom stereocenters. The Morgan fingerprint density at radius 1 is 1.06 bits per heavy atom. The van der Waals surface area contributed by atoms with Gasteiger partial charge >= 0.3 is 0 Å². The highest BCUT2D eigenvalue weighted by Gasteiger charge is 2.06. The van der Waals surface area contributed by atoms with E-state index in [4.69, 9.17) is 35.4 Å². The van der Waals surface area contributed by atoms with Gasteiger partial charge in [0.1, 0.15) is 5.82 Å². The maximum Gasteiger partial charge on any atom is 0.176 e. The van der Waals surface area contributed by atoms with Crippen molar-refractivity contribution in [2.24, 2.45) is 0 Å². The lowest BCUT2D eigenvalue weighted by molar-refractivity contribution is 1.32. The summed E-state index contributed by atoms with van der Waals surface area (Å²) in [7, 11) is 0. The van der Waals surface area contributed by atoms with Gasteiger partial charge in [-0.25, -0.2) is 4.98 Å². The topological polar surface area (TPSA) is 37.0 Å². The Morgan fingerprint density at radius 3 is 2.61 bits per heavy atom.